The summed E-state index contributed by atoms with van der Waals surface area (Å²) >= 11 is 0. The molecule has 0 bridgehead atoms. The van der Waals surface area contributed by atoms with Crippen LogP contribution in [0.1, 0.15) is 12.8 Å². The van der Waals surface area contributed by atoms with Crippen LogP contribution < -0.4 is 11.5 Å². The molecule has 1 amide bonds. The van der Waals surface area contributed by atoms with Gasteiger partial charge in [0.25, 0.3) is 0 Å². The Bertz CT molecular complexity index is 161. The van der Waals surface area contributed by atoms with E-state index in [1.165, 1.54) is 0 Å². The van der Waals surface area contributed by atoms with E-state index in [1.807, 2.05) is 0 Å². The minimum absolute atomic E-state index is 0.0590. The van der Waals surface area contributed by atoms with Crippen molar-refractivity contribution >= 4 is 20.9 Å². The van der Waals surface area contributed by atoms with Gasteiger partial charge in [0.15, 0.2) is 5.78 Å². The van der Waals surface area contributed by atoms with Crippen LogP contribution in [0.2, 0.25) is 0 Å². The zero-order valence-electron chi connectivity index (χ0n) is 6.25. The van der Waals surface area contributed by atoms with Gasteiger partial charge in [0.2, 0.25) is 5.91 Å². The van der Waals surface area contributed by atoms with Gasteiger partial charge in [-0.3, -0.25) is 9.59 Å². The highest BCUT2D eigenvalue weighted by molar-refractivity contribution is 7.18. The average Bonchev–Trinajstić information content (AvgIpc) is 1.98. The summed E-state index contributed by atoms with van der Waals surface area (Å²) in [4.78, 5) is 21.1. The Morgan fingerprint density at radius 2 is 2.00 bits per heavy atom. The van der Waals surface area contributed by atoms with Crippen molar-refractivity contribution in [2.45, 2.75) is 18.9 Å². The Morgan fingerprint density at radius 3 is 2.36 bits per heavy atom. The van der Waals surface area contributed by atoms with Crippen molar-refractivity contribution in [1.82, 2.24) is 0 Å². The van der Waals surface area contributed by atoms with Gasteiger partial charge in [0.1, 0.15) is 0 Å². The number of amides is 1. The number of nitrogens with two attached hydrogens (primary N) is 2. The third-order valence-corrected chi connectivity index (χ3v) is 1.72. The third kappa shape index (κ3) is 4.87. The van der Waals surface area contributed by atoms with Crippen molar-refractivity contribution < 1.29 is 9.59 Å². The molecule has 64 valence electrons. The fourth-order valence-corrected chi connectivity index (χ4v) is 0.913. The van der Waals surface area contributed by atoms with Gasteiger partial charge < -0.3 is 11.5 Å². The number of hydrogen-bond acceptors (Lipinski definition) is 3. The highest BCUT2D eigenvalue weighted by Crippen LogP contribution is 1.97. The van der Waals surface area contributed by atoms with Crippen LogP contribution in [0.25, 0.3) is 0 Å². The molecule has 0 aliphatic heterocycles. The number of ketones is 1. The molecule has 0 aliphatic carbocycles. The first-order valence-electron chi connectivity index (χ1n) is 3.34. The first-order valence-corrected chi connectivity index (χ1v) is 4.16. The molecule has 0 aliphatic rings. The SMILES string of the molecule is NC(=O)CC[C@H](N)C(=O)CP. The second-order valence-electron chi connectivity index (χ2n) is 2.28. The van der Waals surface area contributed by atoms with E-state index >= 15 is 0 Å². The largest absolute Gasteiger partial charge is 0.370 e. The summed E-state index contributed by atoms with van der Waals surface area (Å²) in [6.45, 7) is 0. The van der Waals surface area contributed by atoms with Crippen molar-refractivity contribution in [2.24, 2.45) is 11.5 Å². The maximum atomic E-state index is 10.8. The van der Waals surface area contributed by atoms with E-state index < -0.39 is 11.9 Å². The van der Waals surface area contributed by atoms with E-state index in [4.69, 9.17) is 11.5 Å². The van der Waals surface area contributed by atoms with Crippen molar-refractivity contribution in [2.75, 3.05) is 6.16 Å². The molecule has 0 aromatic rings. The predicted octanol–water partition coefficient (Wildman–Crippen LogP) is -0.977. The maximum absolute atomic E-state index is 10.8. The lowest BCUT2D eigenvalue weighted by Gasteiger charge is -2.06. The smallest absolute Gasteiger partial charge is 0.217 e. The Hall–Kier alpha value is -0.470. The summed E-state index contributed by atoms with van der Waals surface area (Å²) in [5, 5.41) is 0. The van der Waals surface area contributed by atoms with Crippen LogP contribution in [-0.2, 0) is 9.59 Å². The quantitative estimate of drug-likeness (QED) is 0.528. The standard InChI is InChI=1S/C6H13N2O2P/c7-4(5(9)3-11)1-2-6(8)10/h4H,1-3,7,11H2,(H2,8,10)/t4-/m0/s1. The molecule has 1 unspecified atom stereocenters. The molecule has 0 spiro atoms. The van der Waals surface area contributed by atoms with E-state index in [0.717, 1.165) is 0 Å². The van der Waals surface area contributed by atoms with Crippen LogP contribution >= 0.6 is 9.24 Å². The van der Waals surface area contributed by atoms with E-state index in [9.17, 15) is 9.59 Å². The number of primary amides is 1. The molecule has 4 nitrogen and oxygen atoms in total. The van der Waals surface area contributed by atoms with Gasteiger partial charge in [-0.15, -0.1) is 9.24 Å². The molecule has 0 fully saturated rings. The fourth-order valence-electron chi connectivity index (χ4n) is 0.610. The minimum Gasteiger partial charge on any atom is -0.370 e. The highest BCUT2D eigenvalue weighted by Gasteiger charge is 2.11. The summed E-state index contributed by atoms with van der Waals surface area (Å²) in [7, 11) is 2.29. The zero-order chi connectivity index (χ0) is 8.85. The molecule has 0 saturated heterocycles. The topological polar surface area (TPSA) is 86.2 Å². The van der Waals surface area contributed by atoms with Crippen molar-refractivity contribution in [1.29, 1.82) is 0 Å². The van der Waals surface area contributed by atoms with Gasteiger partial charge in [0.05, 0.1) is 6.04 Å². The molecule has 5 heteroatoms. The molecular weight excluding hydrogens is 163 g/mol. The number of carbonyl (C=O) groups is 2. The van der Waals surface area contributed by atoms with Gasteiger partial charge in [0, 0.05) is 12.6 Å². The lowest BCUT2D eigenvalue weighted by molar-refractivity contribution is -0.119. The van der Waals surface area contributed by atoms with Gasteiger partial charge in [-0.2, -0.15) is 0 Å². The van der Waals surface area contributed by atoms with Gasteiger partial charge in [-0.05, 0) is 6.42 Å². The van der Waals surface area contributed by atoms with Crippen LogP contribution in [-0.4, -0.2) is 23.9 Å². The summed E-state index contributed by atoms with van der Waals surface area (Å²) in [5.74, 6) is -0.478. The number of Topliss-reactive ketones (excluding diaryl/α,β-unsaturated/α-hetero) is 1. The van der Waals surface area contributed by atoms with Crippen LogP contribution in [0, 0.1) is 0 Å². The van der Waals surface area contributed by atoms with Crippen LogP contribution in [0.3, 0.4) is 0 Å². The molecule has 0 aromatic carbocycles. The van der Waals surface area contributed by atoms with Crippen LogP contribution in [0.4, 0.5) is 0 Å². The van der Waals surface area contributed by atoms with Crippen LogP contribution in [0.15, 0.2) is 0 Å². The lowest BCUT2D eigenvalue weighted by atomic mass is 10.1. The number of carbonyl (C=O) groups excluding carboxylic acids is 2. The van der Waals surface area contributed by atoms with E-state index in [-0.39, 0.29) is 12.2 Å². The highest BCUT2D eigenvalue weighted by atomic mass is 31.0. The Balaban J connectivity index is 3.60. The maximum Gasteiger partial charge on any atom is 0.217 e. The molecule has 0 heterocycles. The third-order valence-electron chi connectivity index (χ3n) is 1.32. The zero-order valence-corrected chi connectivity index (χ0v) is 7.40. The van der Waals surface area contributed by atoms with Gasteiger partial charge in [-0.1, -0.05) is 0 Å². The van der Waals surface area contributed by atoms with E-state index in [1.54, 1.807) is 0 Å². The Kier molecular flexibility index (Phi) is 4.99. The molecule has 0 radical (unpaired) electrons. The minimum atomic E-state index is -0.542. The van der Waals surface area contributed by atoms with Crippen molar-refractivity contribution in [3.63, 3.8) is 0 Å². The molecular formula is C6H13N2O2P. The van der Waals surface area contributed by atoms with Crippen LogP contribution in [0.5, 0.6) is 0 Å². The molecule has 0 rings (SSSR count). The summed E-state index contributed by atoms with van der Waals surface area (Å²) in [5.41, 5.74) is 10.3. The predicted molar refractivity (Wildman–Crippen MR) is 46.0 cm³/mol. The molecule has 0 saturated carbocycles. The van der Waals surface area contributed by atoms with Gasteiger partial charge >= 0.3 is 0 Å². The molecule has 2 atom stereocenters. The monoisotopic (exact) mass is 176 g/mol. The number of rotatable bonds is 5. The molecule has 11 heavy (non-hydrogen) atoms. The first kappa shape index (κ1) is 10.5. The summed E-state index contributed by atoms with van der Waals surface area (Å²) in [6.07, 6.45) is 0.861. The Labute approximate surface area is 67.9 Å². The summed E-state index contributed by atoms with van der Waals surface area (Å²) < 4.78 is 0. The fraction of sp³-hybridized carbons (Fsp3) is 0.667. The first-order chi connectivity index (χ1) is 5.07. The van der Waals surface area contributed by atoms with E-state index in [2.05, 4.69) is 9.24 Å². The average molecular weight is 176 g/mol. The van der Waals surface area contributed by atoms with Crippen molar-refractivity contribution in [3.8, 4) is 0 Å². The normalized spacial score (nSPS) is 12.5. The number of hydrogen-bond donors (Lipinski definition) is 2. The van der Waals surface area contributed by atoms with Gasteiger partial charge in [-0.25, -0.2) is 0 Å². The van der Waals surface area contributed by atoms with E-state index in [0.29, 0.717) is 12.6 Å². The Morgan fingerprint density at radius 1 is 1.45 bits per heavy atom. The van der Waals surface area contributed by atoms with Crippen molar-refractivity contribution in [3.05, 3.63) is 0 Å². The summed E-state index contributed by atoms with van der Waals surface area (Å²) in [6, 6.07) is -0.542. The molecule has 4 N–H and O–H groups in total. The second kappa shape index (κ2) is 5.22. The second-order valence-corrected chi connectivity index (χ2v) is 2.69. The lowest BCUT2D eigenvalue weighted by Crippen LogP contribution is -2.32. The molecule has 0 aromatic heterocycles.